The van der Waals surface area contributed by atoms with Gasteiger partial charge in [-0.05, 0) is 64.0 Å². The molecule has 0 atom stereocenters. The highest BCUT2D eigenvalue weighted by Gasteiger charge is 2.18. The largest absolute Gasteiger partial charge is 0.455 e. The van der Waals surface area contributed by atoms with Crippen LogP contribution in [0.15, 0.2) is 193 Å². The number of pyridine rings is 1. The molecule has 0 saturated heterocycles. The molecule has 0 fully saturated rings. The van der Waals surface area contributed by atoms with Crippen molar-refractivity contribution in [1.82, 2.24) is 15.0 Å². The first-order valence-electron chi connectivity index (χ1n) is 17.8. The Morgan fingerprint density at radius 3 is 1.77 bits per heavy atom. The van der Waals surface area contributed by atoms with Gasteiger partial charge in [0.2, 0.25) is 0 Å². The average Bonchev–Trinajstić information content (AvgIpc) is 3.63. The number of nitrogens with zero attached hydrogens (tertiary/aromatic N) is 3. The lowest BCUT2D eigenvalue weighted by Gasteiger charge is -2.12. The molecule has 0 aliphatic carbocycles. The lowest BCUT2D eigenvalue weighted by Crippen LogP contribution is -1.96. The summed E-state index contributed by atoms with van der Waals surface area (Å²) < 4.78 is 6.58. The number of hydrogen-bond donors (Lipinski definition) is 0. The standard InChI is InChI=1S/C49H31N3O/c1-3-13-32(14-4-1)36-17-11-18-37(29-36)45-31-44(51-49(52-45)35-15-5-2-6-16-35)34-26-24-33(25-27-34)41-30-42-47-40(43-22-9-10-28-50-43)21-12-23-46(47)53-48(42)39-20-8-7-19-38(39)41/h1-31H. The maximum absolute atomic E-state index is 6.58. The minimum absolute atomic E-state index is 0.694. The Kier molecular flexibility index (Phi) is 7.43. The fraction of sp³-hybridized carbons (Fsp3) is 0. The van der Waals surface area contributed by atoms with Crippen molar-refractivity contribution < 1.29 is 4.42 Å². The Morgan fingerprint density at radius 2 is 1.00 bits per heavy atom. The molecule has 7 aromatic carbocycles. The first-order valence-corrected chi connectivity index (χ1v) is 17.8. The van der Waals surface area contributed by atoms with Crippen LogP contribution in [0.2, 0.25) is 0 Å². The molecular weight excluding hydrogens is 647 g/mol. The zero-order chi connectivity index (χ0) is 35.1. The highest BCUT2D eigenvalue weighted by molar-refractivity contribution is 6.22. The molecule has 10 rings (SSSR count). The summed E-state index contributed by atoms with van der Waals surface area (Å²) in [5.74, 6) is 0.694. The van der Waals surface area contributed by atoms with Crippen molar-refractivity contribution in [2.75, 3.05) is 0 Å². The molecule has 53 heavy (non-hydrogen) atoms. The molecule has 3 aromatic heterocycles. The van der Waals surface area contributed by atoms with Gasteiger partial charge in [0.15, 0.2) is 5.82 Å². The number of fused-ring (bicyclic) bond motifs is 5. The number of furan rings is 1. The van der Waals surface area contributed by atoms with Crippen molar-refractivity contribution in [3.63, 3.8) is 0 Å². The highest BCUT2D eigenvalue weighted by atomic mass is 16.3. The van der Waals surface area contributed by atoms with Crippen molar-refractivity contribution >= 4 is 32.7 Å². The van der Waals surface area contributed by atoms with E-state index in [1.165, 1.54) is 5.56 Å². The second-order valence-corrected chi connectivity index (χ2v) is 13.2. The van der Waals surface area contributed by atoms with Crippen molar-refractivity contribution in [1.29, 1.82) is 0 Å². The number of aromatic nitrogens is 3. The van der Waals surface area contributed by atoms with Crippen LogP contribution in [0, 0.1) is 0 Å². The lowest BCUT2D eigenvalue weighted by atomic mass is 9.93. The monoisotopic (exact) mass is 677 g/mol. The molecule has 0 N–H and O–H groups in total. The zero-order valence-electron chi connectivity index (χ0n) is 28.6. The Hall–Kier alpha value is -7.17. The summed E-state index contributed by atoms with van der Waals surface area (Å²) in [6.45, 7) is 0. The quantitative estimate of drug-likeness (QED) is 0.176. The van der Waals surface area contributed by atoms with Crippen LogP contribution in [-0.4, -0.2) is 15.0 Å². The van der Waals surface area contributed by atoms with E-state index in [1.54, 1.807) is 0 Å². The van der Waals surface area contributed by atoms with E-state index >= 15 is 0 Å². The summed E-state index contributed by atoms with van der Waals surface area (Å²) in [6.07, 6.45) is 1.84. The van der Waals surface area contributed by atoms with Gasteiger partial charge in [0.25, 0.3) is 0 Å². The Bertz CT molecular complexity index is 2920. The van der Waals surface area contributed by atoms with Gasteiger partial charge < -0.3 is 4.42 Å². The molecule has 0 saturated carbocycles. The van der Waals surface area contributed by atoms with Gasteiger partial charge >= 0.3 is 0 Å². The SMILES string of the molecule is c1ccc(-c2cccc(-c3cc(-c4ccc(-c5cc6c(oc7cccc(-c8ccccn8)c76)c6ccccc56)cc4)nc(-c4ccccc4)n3)c2)cc1. The van der Waals surface area contributed by atoms with Crippen molar-refractivity contribution in [3.8, 4) is 67.4 Å². The van der Waals surface area contributed by atoms with E-state index in [0.29, 0.717) is 5.82 Å². The summed E-state index contributed by atoms with van der Waals surface area (Å²) in [7, 11) is 0. The Balaban J connectivity index is 1.11. The van der Waals surface area contributed by atoms with Crippen LogP contribution in [0.5, 0.6) is 0 Å². The number of benzene rings is 7. The first kappa shape index (κ1) is 30.6. The minimum atomic E-state index is 0.694. The van der Waals surface area contributed by atoms with E-state index in [-0.39, 0.29) is 0 Å². The normalized spacial score (nSPS) is 11.4. The maximum Gasteiger partial charge on any atom is 0.160 e. The third-order valence-corrected chi connectivity index (χ3v) is 9.96. The van der Waals surface area contributed by atoms with Crippen molar-refractivity contribution in [2.45, 2.75) is 0 Å². The van der Waals surface area contributed by atoms with Crippen LogP contribution in [-0.2, 0) is 0 Å². The molecular formula is C49H31N3O. The van der Waals surface area contributed by atoms with Crippen LogP contribution in [0.1, 0.15) is 0 Å². The Morgan fingerprint density at radius 1 is 0.358 bits per heavy atom. The molecule has 0 radical (unpaired) electrons. The van der Waals surface area contributed by atoms with E-state index in [4.69, 9.17) is 14.4 Å². The van der Waals surface area contributed by atoms with Crippen LogP contribution >= 0.6 is 0 Å². The zero-order valence-corrected chi connectivity index (χ0v) is 28.6. The number of rotatable bonds is 6. The molecule has 0 aliphatic rings. The smallest absolute Gasteiger partial charge is 0.160 e. The fourth-order valence-electron chi connectivity index (χ4n) is 7.39. The Labute approximate surface area is 306 Å². The van der Waals surface area contributed by atoms with Crippen LogP contribution < -0.4 is 0 Å². The maximum atomic E-state index is 6.58. The molecule has 0 bridgehead atoms. The number of hydrogen-bond acceptors (Lipinski definition) is 4. The van der Waals surface area contributed by atoms with Gasteiger partial charge in [-0.15, -0.1) is 0 Å². The van der Waals surface area contributed by atoms with Gasteiger partial charge in [-0.3, -0.25) is 4.98 Å². The fourth-order valence-corrected chi connectivity index (χ4v) is 7.39. The van der Waals surface area contributed by atoms with E-state index in [9.17, 15) is 0 Å². The van der Waals surface area contributed by atoms with Crippen LogP contribution in [0.4, 0.5) is 0 Å². The summed E-state index contributed by atoms with van der Waals surface area (Å²) >= 11 is 0. The second kappa shape index (κ2) is 12.9. The van der Waals surface area contributed by atoms with Crippen LogP contribution in [0.3, 0.4) is 0 Å². The summed E-state index contributed by atoms with van der Waals surface area (Å²) in [6, 6.07) is 63.1. The summed E-state index contributed by atoms with van der Waals surface area (Å²) in [4.78, 5) is 14.9. The van der Waals surface area contributed by atoms with Gasteiger partial charge in [0.1, 0.15) is 11.2 Å². The van der Waals surface area contributed by atoms with E-state index in [1.807, 2.05) is 54.7 Å². The molecule has 0 amide bonds. The molecule has 0 spiro atoms. The van der Waals surface area contributed by atoms with E-state index in [2.05, 4.69) is 138 Å². The van der Waals surface area contributed by atoms with Gasteiger partial charge in [-0.2, -0.15) is 0 Å². The average molecular weight is 678 g/mol. The molecule has 248 valence electrons. The van der Waals surface area contributed by atoms with Gasteiger partial charge in [0, 0.05) is 44.6 Å². The highest BCUT2D eigenvalue weighted by Crippen LogP contribution is 2.43. The van der Waals surface area contributed by atoms with Gasteiger partial charge in [-0.1, -0.05) is 146 Å². The summed E-state index contributed by atoms with van der Waals surface area (Å²) in [5.41, 5.74) is 13.1. The predicted octanol–water partition coefficient (Wildman–Crippen LogP) is 12.9. The van der Waals surface area contributed by atoms with Crippen molar-refractivity contribution in [2.24, 2.45) is 0 Å². The summed E-state index contributed by atoms with van der Waals surface area (Å²) in [5, 5.41) is 4.37. The molecule has 4 nitrogen and oxygen atoms in total. The van der Waals surface area contributed by atoms with Crippen molar-refractivity contribution in [3.05, 3.63) is 188 Å². The molecule has 0 aliphatic heterocycles. The van der Waals surface area contributed by atoms with E-state index in [0.717, 1.165) is 88.7 Å². The van der Waals surface area contributed by atoms with Gasteiger partial charge in [0.05, 0.1) is 17.1 Å². The molecule has 0 unspecified atom stereocenters. The molecule has 4 heteroatoms. The second-order valence-electron chi connectivity index (χ2n) is 13.2. The minimum Gasteiger partial charge on any atom is -0.455 e. The van der Waals surface area contributed by atoms with E-state index < -0.39 is 0 Å². The third-order valence-electron chi connectivity index (χ3n) is 9.96. The predicted molar refractivity (Wildman–Crippen MR) is 217 cm³/mol. The lowest BCUT2D eigenvalue weighted by molar-refractivity contribution is 0.673. The first-order chi connectivity index (χ1) is 26.3. The molecule has 10 aromatic rings. The topological polar surface area (TPSA) is 51.8 Å². The van der Waals surface area contributed by atoms with Gasteiger partial charge in [-0.25, -0.2) is 9.97 Å². The molecule has 3 heterocycles. The third kappa shape index (κ3) is 5.54. The van der Waals surface area contributed by atoms with Crippen LogP contribution in [0.25, 0.3) is 100 Å².